The maximum absolute atomic E-state index is 12.4. The zero-order valence-corrected chi connectivity index (χ0v) is 12.6. The van der Waals surface area contributed by atoms with Crippen molar-refractivity contribution in [3.63, 3.8) is 0 Å². The Morgan fingerprint density at radius 3 is 2.50 bits per heavy atom. The van der Waals surface area contributed by atoms with Crippen molar-refractivity contribution in [2.24, 2.45) is 11.3 Å². The van der Waals surface area contributed by atoms with E-state index in [0.717, 1.165) is 25.9 Å². The summed E-state index contributed by atoms with van der Waals surface area (Å²) in [6, 6.07) is 0.0836. The van der Waals surface area contributed by atoms with E-state index in [0.29, 0.717) is 17.4 Å². The third-order valence-corrected chi connectivity index (χ3v) is 5.82. The smallest absolute Gasteiger partial charge is 0.237 e. The number of ether oxygens (including phenoxy) is 1. The molecule has 3 fully saturated rings. The molecule has 3 rings (SSSR count). The molecule has 0 radical (unpaired) electrons. The lowest BCUT2D eigenvalue weighted by Gasteiger charge is -2.47. The minimum absolute atomic E-state index is 0.0836. The van der Waals surface area contributed by atoms with Gasteiger partial charge >= 0.3 is 0 Å². The highest BCUT2D eigenvalue weighted by atomic mass is 16.5. The van der Waals surface area contributed by atoms with Crippen molar-refractivity contribution in [1.29, 1.82) is 0 Å². The van der Waals surface area contributed by atoms with Gasteiger partial charge in [0.05, 0.1) is 12.1 Å². The lowest BCUT2D eigenvalue weighted by Crippen LogP contribution is -2.67. The minimum atomic E-state index is 0.0836. The van der Waals surface area contributed by atoms with E-state index in [1.807, 2.05) is 0 Å². The summed E-state index contributed by atoms with van der Waals surface area (Å²) in [4.78, 5) is 12.4. The molecule has 4 heteroatoms. The van der Waals surface area contributed by atoms with E-state index in [4.69, 9.17) is 4.74 Å². The van der Waals surface area contributed by atoms with Gasteiger partial charge in [-0.15, -0.1) is 0 Å². The molecule has 2 aliphatic carbocycles. The molecule has 1 amide bonds. The Morgan fingerprint density at radius 2 is 1.95 bits per heavy atom. The van der Waals surface area contributed by atoms with E-state index >= 15 is 0 Å². The SMILES string of the molecule is COC1CCC(CNC(=O)C2NCC23CCCC3)CC1. The lowest BCUT2D eigenvalue weighted by atomic mass is 9.71. The van der Waals surface area contributed by atoms with Crippen LogP contribution in [0.5, 0.6) is 0 Å². The molecule has 1 aliphatic heterocycles. The fourth-order valence-corrected chi connectivity index (χ4v) is 4.33. The molecule has 4 nitrogen and oxygen atoms in total. The number of hydrogen-bond donors (Lipinski definition) is 2. The molecule has 1 heterocycles. The Balaban J connectivity index is 1.41. The average Bonchev–Trinajstić information content (AvgIpc) is 2.96. The van der Waals surface area contributed by atoms with E-state index in [1.165, 1.54) is 38.5 Å². The molecule has 1 saturated heterocycles. The molecule has 0 bridgehead atoms. The van der Waals surface area contributed by atoms with Crippen LogP contribution in [0.2, 0.25) is 0 Å². The summed E-state index contributed by atoms with van der Waals surface area (Å²) in [5.41, 5.74) is 0.303. The van der Waals surface area contributed by atoms with Crippen LogP contribution in [0.25, 0.3) is 0 Å². The number of carbonyl (C=O) groups excluding carboxylic acids is 1. The zero-order valence-electron chi connectivity index (χ0n) is 12.6. The van der Waals surface area contributed by atoms with Gasteiger partial charge in [-0.05, 0) is 44.4 Å². The van der Waals surface area contributed by atoms with Crippen molar-refractivity contribution in [3.05, 3.63) is 0 Å². The van der Waals surface area contributed by atoms with E-state index in [9.17, 15) is 4.79 Å². The minimum Gasteiger partial charge on any atom is -0.381 e. The molecule has 0 aromatic rings. The van der Waals surface area contributed by atoms with Gasteiger partial charge in [-0.1, -0.05) is 12.8 Å². The molecule has 3 aliphatic rings. The number of rotatable bonds is 4. The Hall–Kier alpha value is -0.610. The summed E-state index contributed by atoms with van der Waals surface area (Å²) < 4.78 is 5.40. The molecule has 1 spiro atoms. The van der Waals surface area contributed by atoms with Crippen molar-refractivity contribution in [2.45, 2.75) is 63.5 Å². The number of carbonyl (C=O) groups is 1. The van der Waals surface area contributed by atoms with Gasteiger partial charge < -0.3 is 15.4 Å². The molecule has 2 N–H and O–H groups in total. The first-order valence-electron chi connectivity index (χ1n) is 8.27. The molecule has 1 unspecified atom stereocenters. The fourth-order valence-electron chi connectivity index (χ4n) is 4.33. The van der Waals surface area contributed by atoms with E-state index in [2.05, 4.69) is 10.6 Å². The van der Waals surface area contributed by atoms with Crippen molar-refractivity contribution in [3.8, 4) is 0 Å². The zero-order chi connectivity index (χ0) is 14.0. The number of hydrogen-bond acceptors (Lipinski definition) is 3. The second-order valence-electron chi connectivity index (χ2n) is 7.01. The van der Waals surface area contributed by atoms with Gasteiger partial charge in [0.15, 0.2) is 0 Å². The molecule has 114 valence electrons. The highest BCUT2D eigenvalue weighted by Gasteiger charge is 2.51. The van der Waals surface area contributed by atoms with Crippen molar-refractivity contribution in [2.75, 3.05) is 20.2 Å². The summed E-state index contributed by atoms with van der Waals surface area (Å²) in [6.07, 6.45) is 10.2. The third kappa shape index (κ3) is 2.73. The van der Waals surface area contributed by atoms with Crippen LogP contribution < -0.4 is 10.6 Å². The first-order chi connectivity index (χ1) is 9.73. The number of nitrogens with one attached hydrogen (secondary N) is 2. The van der Waals surface area contributed by atoms with Crippen LogP contribution in [0.15, 0.2) is 0 Å². The predicted molar refractivity (Wildman–Crippen MR) is 78.5 cm³/mol. The quantitative estimate of drug-likeness (QED) is 0.826. The van der Waals surface area contributed by atoms with E-state index in [-0.39, 0.29) is 11.9 Å². The van der Waals surface area contributed by atoms with Crippen LogP contribution in [0.4, 0.5) is 0 Å². The molecular weight excluding hydrogens is 252 g/mol. The predicted octanol–water partition coefficient (Wildman–Crippen LogP) is 1.84. The van der Waals surface area contributed by atoms with E-state index in [1.54, 1.807) is 7.11 Å². The molecule has 0 aromatic carbocycles. The second kappa shape index (κ2) is 6.02. The maximum Gasteiger partial charge on any atom is 0.237 e. The second-order valence-corrected chi connectivity index (χ2v) is 7.01. The highest BCUT2D eigenvalue weighted by Crippen LogP contribution is 2.45. The standard InChI is InChI=1S/C16H28N2O2/c1-20-13-6-4-12(5-7-13)10-17-15(19)14-16(11-18-14)8-2-3-9-16/h12-14,18H,2-11H2,1H3,(H,17,19). The van der Waals surface area contributed by atoms with Crippen LogP contribution in [-0.2, 0) is 9.53 Å². The van der Waals surface area contributed by atoms with Gasteiger partial charge in [-0.2, -0.15) is 0 Å². The molecule has 0 aromatic heterocycles. The van der Waals surface area contributed by atoms with Crippen LogP contribution in [0.1, 0.15) is 51.4 Å². The summed E-state index contributed by atoms with van der Waals surface area (Å²) in [5, 5.41) is 6.55. The van der Waals surface area contributed by atoms with Crippen molar-refractivity contribution < 1.29 is 9.53 Å². The van der Waals surface area contributed by atoms with E-state index < -0.39 is 0 Å². The molecule has 2 saturated carbocycles. The monoisotopic (exact) mass is 280 g/mol. The number of methoxy groups -OCH3 is 1. The number of amides is 1. The summed E-state index contributed by atoms with van der Waals surface area (Å²) in [6.45, 7) is 1.90. The molecular formula is C16H28N2O2. The third-order valence-electron chi connectivity index (χ3n) is 5.82. The maximum atomic E-state index is 12.4. The molecule has 1 atom stereocenters. The highest BCUT2D eigenvalue weighted by molar-refractivity contribution is 5.84. The largest absolute Gasteiger partial charge is 0.381 e. The topological polar surface area (TPSA) is 50.4 Å². The van der Waals surface area contributed by atoms with Gasteiger partial charge in [-0.25, -0.2) is 0 Å². The Labute approximate surface area is 122 Å². The van der Waals surface area contributed by atoms with Gasteiger partial charge in [0.1, 0.15) is 0 Å². The van der Waals surface area contributed by atoms with Gasteiger partial charge in [0.25, 0.3) is 0 Å². The average molecular weight is 280 g/mol. The van der Waals surface area contributed by atoms with Crippen LogP contribution in [0.3, 0.4) is 0 Å². The summed E-state index contributed by atoms with van der Waals surface area (Å²) in [5.74, 6) is 0.886. The summed E-state index contributed by atoms with van der Waals surface area (Å²) in [7, 11) is 1.80. The first-order valence-corrected chi connectivity index (χ1v) is 8.27. The van der Waals surface area contributed by atoms with Crippen molar-refractivity contribution in [1.82, 2.24) is 10.6 Å². The first kappa shape index (κ1) is 14.3. The van der Waals surface area contributed by atoms with Crippen LogP contribution >= 0.6 is 0 Å². The van der Waals surface area contributed by atoms with Gasteiger partial charge in [0.2, 0.25) is 5.91 Å². The molecule has 20 heavy (non-hydrogen) atoms. The van der Waals surface area contributed by atoms with Gasteiger partial charge in [-0.3, -0.25) is 4.79 Å². The summed E-state index contributed by atoms with van der Waals surface area (Å²) >= 11 is 0. The normalized spacial score (nSPS) is 35.8. The Kier molecular flexibility index (Phi) is 4.32. The lowest BCUT2D eigenvalue weighted by molar-refractivity contribution is -0.130. The van der Waals surface area contributed by atoms with Gasteiger partial charge in [0, 0.05) is 25.6 Å². The van der Waals surface area contributed by atoms with Crippen LogP contribution in [0, 0.1) is 11.3 Å². The Morgan fingerprint density at radius 1 is 1.25 bits per heavy atom. The Bertz CT molecular complexity index is 344. The van der Waals surface area contributed by atoms with Crippen molar-refractivity contribution >= 4 is 5.91 Å². The fraction of sp³-hybridized carbons (Fsp3) is 0.938. The van der Waals surface area contributed by atoms with Crippen LogP contribution in [-0.4, -0.2) is 38.3 Å².